The van der Waals surface area contributed by atoms with Crippen LogP contribution in [0.15, 0.2) is 66.6 Å². The lowest BCUT2D eigenvalue weighted by Gasteiger charge is -2.03. The van der Waals surface area contributed by atoms with Gasteiger partial charge in [0.25, 0.3) is 0 Å². The maximum Gasteiger partial charge on any atom is 0.333 e. The van der Waals surface area contributed by atoms with E-state index in [1.165, 1.54) is 10.9 Å². The van der Waals surface area contributed by atoms with Crippen molar-refractivity contribution in [3.8, 4) is 5.69 Å². The topological polar surface area (TPSA) is 44.1 Å². The van der Waals surface area contributed by atoms with Gasteiger partial charge in [-0.15, -0.1) is 0 Å². The summed E-state index contributed by atoms with van der Waals surface area (Å²) in [7, 11) is 0. The van der Waals surface area contributed by atoms with Crippen molar-refractivity contribution in [3.63, 3.8) is 0 Å². The summed E-state index contributed by atoms with van der Waals surface area (Å²) in [4.78, 5) is 15.9. The van der Waals surface area contributed by atoms with Crippen molar-refractivity contribution in [3.05, 3.63) is 72.2 Å². The standard InChI is InChI=1S/C21H22N2O2/c1-3-25-21(24)16(2)8-6-9-17-15-23(18-10-7-13-22-14-18)20-12-5-4-11-19(17)20/h4-5,7-8,10-15H,3,6,9H2,1-2H3/b16-8+. The SMILES string of the molecule is CCOC(=O)/C(C)=C/CCc1cn(-c2cccnc2)c2ccccc12. The van der Waals surface area contributed by atoms with Crippen molar-refractivity contribution in [2.24, 2.45) is 0 Å². The summed E-state index contributed by atoms with van der Waals surface area (Å²) in [5.41, 5.74) is 4.13. The Kier molecular flexibility index (Phi) is 5.29. The van der Waals surface area contributed by atoms with E-state index in [2.05, 4.69) is 33.9 Å². The summed E-state index contributed by atoms with van der Waals surface area (Å²) >= 11 is 0. The first-order valence-corrected chi connectivity index (χ1v) is 8.54. The number of hydrogen-bond acceptors (Lipinski definition) is 3. The van der Waals surface area contributed by atoms with Gasteiger partial charge in [0.05, 0.1) is 24.0 Å². The predicted octanol–water partition coefficient (Wildman–Crippen LogP) is 4.47. The van der Waals surface area contributed by atoms with E-state index in [1.54, 1.807) is 13.1 Å². The van der Waals surface area contributed by atoms with Crippen LogP contribution in [-0.2, 0) is 16.0 Å². The number of para-hydroxylation sites is 1. The molecule has 25 heavy (non-hydrogen) atoms. The molecule has 4 heteroatoms. The van der Waals surface area contributed by atoms with Crippen molar-refractivity contribution in [1.82, 2.24) is 9.55 Å². The monoisotopic (exact) mass is 334 g/mol. The summed E-state index contributed by atoms with van der Waals surface area (Å²) in [6, 6.07) is 12.3. The normalized spacial score (nSPS) is 11.7. The molecule has 0 saturated heterocycles. The minimum atomic E-state index is -0.236. The number of pyridine rings is 1. The predicted molar refractivity (Wildman–Crippen MR) is 99.8 cm³/mol. The van der Waals surface area contributed by atoms with E-state index >= 15 is 0 Å². The maximum atomic E-state index is 11.7. The molecule has 2 aromatic heterocycles. The number of esters is 1. The highest BCUT2D eigenvalue weighted by Crippen LogP contribution is 2.25. The average molecular weight is 334 g/mol. The molecule has 0 fully saturated rings. The Morgan fingerprint density at radius 1 is 1.24 bits per heavy atom. The molecule has 2 heterocycles. The van der Waals surface area contributed by atoms with Crippen molar-refractivity contribution in [1.29, 1.82) is 0 Å². The number of carbonyl (C=O) groups is 1. The fraction of sp³-hybridized carbons (Fsp3) is 0.238. The van der Waals surface area contributed by atoms with Crippen LogP contribution in [0.3, 0.4) is 0 Å². The molecule has 1 aromatic carbocycles. The fourth-order valence-corrected chi connectivity index (χ4v) is 2.93. The Labute approximate surface area is 147 Å². The van der Waals surface area contributed by atoms with Gasteiger partial charge < -0.3 is 9.30 Å². The molecule has 0 aliphatic rings. The maximum absolute atomic E-state index is 11.7. The first-order chi connectivity index (χ1) is 12.2. The second-order valence-electron chi connectivity index (χ2n) is 5.90. The number of fused-ring (bicyclic) bond motifs is 1. The van der Waals surface area contributed by atoms with E-state index < -0.39 is 0 Å². The molecule has 0 amide bonds. The van der Waals surface area contributed by atoms with Crippen LogP contribution in [0.1, 0.15) is 25.8 Å². The van der Waals surface area contributed by atoms with E-state index in [0.717, 1.165) is 24.0 Å². The molecule has 0 unspecified atom stereocenters. The summed E-state index contributed by atoms with van der Waals surface area (Å²) in [6.07, 6.45) is 9.42. The summed E-state index contributed by atoms with van der Waals surface area (Å²) < 4.78 is 7.19. The van der Waals surface area contributed by atoms with Gasteiger partial charge in [-0.3, -0.25) is 4.98 Å². The van der Waals surface area contributed by atoms with Crippen LogP contribution in [0.25, 0.3) is 16.6 Å². The Morgan fingerprint density at radius 3 is 2.84 bits per heavy atom. The van der Waals surface area contributed by atoms with Gasteiger partial charge in [-0.1, -0.05) is 24.3 Å². The molecule has 0 bridgehead atoms. The van der Waals surface area contributed by atoms with E-state index in [1.807, 2.05) is 37.4 Å². The van der Waals surface area contributed by atoms with Crippen LogP contribution in [0.2, 0.25) is 0 Å². The first kappa shape index (κ1) is 17.0. The Balaban J connectivity index is 1.85. The second-order valence-corrected chi connectivity index (χ2v) is 5.90. The van der Waals surface area contributed by atoms with Crippen molar-refractivity contribution >= 4 is 16.9 Å². The lowest BCUT2D eigenvalue weighted by atomic mass is 10.1. The number of aryl methyl sites for hydroxylation is 1. The second kappa shape index (κ2) is 7.79. The molecule has 0 aliphatic heterocycles. The van der Waals surface area contributed by atoms with Gasteiger partial charge in [-0.25, -0.2) is 4.79 Å². The van der Waals surface area contributed by atoms with Gasteiger partial charge in [0.1, 0.15) is 0 Å². The third kappa shape index (κ3) is 3.79. The van der Waals surface area contributed by atoms with E-state index in [0.29, 0.717) is 12.2 Å². The molecule has 0 aliphatic carbocycles. The number of hydrogen-bond donors (Lipinski definition) is 0. The number of rotatable bonds is 6. The molecule has 0 radical (unpaired) electrons. The van der Waals surface area contributed by atoms with Crippen LogP contribution in [0, 0.1) is 0 Å². The van der Waals surface area contributed by atoms with Gasteiger partial charge in [-0.2, -0.15) is 0 Å². The summed E-state index contributed by atoms with van der Waals surface area (Å²) in [6.45, 7) is 4.03. The number of nitrogens with zero attached hydrogens (tertiary/aromatic N) is 2. The zero-order valence-electron chi connectivity index (χ0n) is 14.6. The van der Waals surface area contributed by atoms with Gasteiger partial charge in [-0.05, 0) is 50.5 Å². The average Bonchev–Trinajstić information content (AvgIpc) is 3.01. The highest BCUT2D eigenvalue weighted by molar-refractivity contribution is 5.88. The smallest absolute Gasteiger partial charge is 0.333 e. The molecular weight excluding hydrogens is 312 g/mol. The summed E-state index contributed by atoms with van der Waals surface area (Å²) in [5, 5.41) is 1.23. The minimum absolute atomic E-state index is 0.236. The van der Waals surface area contributed by atoms with Crippen LogP contribution >= 0.6 is 0 Å². The number of benzene rings is 1. The molecule has 3 rings (SSSR count). The van der Waals surface area contributed by atoms with Crippen molar-refractivity contribution in [2.45, 2.75) is 26.7 Å². The molecule has 0 saturated carbocycles. The number of allylic oxidation sites excluding steroid dienone is 1. The Hall–Kier alpha value is -2.88. The van der Waals surface area contributed by atoms with E-state index in [-0.39, 0.29) is 5.97 Å². The van der Waals surface area contributed by atoms with Crippen molar-refractivity contribution in [2.75, 3.05) is 6.61 Å². The number of aromatic nitrogens is 2. The lowest BCUT2D eigenvalue weighted by Crippen LogP contribution is -2.05. The van der Waals surface area contributed by atoms with Gasteiger partial charge in [0, 0.05) is 23.4 Å². The lowest BCUT2D eigenvalue weighted by molar-refractivity contribution is -0.138. The third-order valence-corrected chi connectivity index (χ3v) is 4.18. The van der Waals surface area contributed by atoms with Gasteiger partial charge in [0.2, 0.25) is 0 Å². The van der Waals surface area contributed by atoms with E-state index in [4.69, 9.17) is 4.74 Å². The van der Waals surface area contributed by atoms with Crippen LogP contribution in [-0.4, -0.2) is 22.1 Å². The van der Waals surface area contributed by atoms with Crippen LogP contribution < -0.4 is 0 Å². The van der Waals surface area contributed by atoms with Crippen LogP contribution in [0.5, 0.6) is 0 Å². The Morgan fingerprint density at radius 2 is 2.08 bits per heavy atom. The van der Waals surface area contributed by atoms with Crippen LogP contribution in [0.4, 0.5) is 0 Å². The highest BCUT2D eigenvalue weighted by atomic mass is 16.5. The highest BCUT2D eigenvalue weighted by Gasteiger charge is 2.09. The largest absolute Gasteiger partial charge is 0.463 e. The molecule has 4 nitrogen and oxygen atoms in total. The summed E-state index contributed by atoms with van der Waals surface area (Å²) in [5.74, 6) is -0.236. The minimum Gasteiger partial charge on any atom is -0.463 e. The fourth-order valence-electron chi connectivity index (χ4n) is 2.93. The molecule has 0 spiro atoms. The number of carbonyl (C=O) groups excluding carboxylic acids is 1. The molecule has 0 atom stereocenters. The number of ether oxygens (including phenoxy) is 1. The van der Waals surface area contributed by atoms with E-state index in [9.17, 15) is 4.79 Å². The molecule has 3 aromatic rings. The zero-order chi connectivity index (χ0) is 17.6. The zero-order valence-corrected chi connectivity index (χ0v) is 14.6. The van der Waals surface area contributed by atoms with Crippen molar-refractivity contribution < 1.29 is 9.53 Å². The van der Waals surface area contributed by atoms with Gasteiger partial charge >= 0.3 is 5.97 Å². The van der Waals surface area contributed by atoms with Gasteiger partial charge in [0.15, 0.2) is 0 Å². The Bertz CT molecular complexity index is 895. The molecule has 0 N–H and O–H groups in total. The quantitative estimate of drug-likeness (QED) is 0.493. The molecule has 128 valence electrons. The third-order valence-electron chi connectivity index (χ3n) is 4.18. The first-order valence-electron chi connectivity index (χ1n) is 8.54. The molecular formula is C21H22N2O2.